The minimum Gasteiger partial charge on any atom is -0.457 e. The molecule has 0 aliphatic heterocycles. The Balaban J connectivity index is 1.46. The van der Waals surface area contributed by atoms with E-state index in [4.69, 9.17) is 9.47 Å². The second-order valence-corrected chi connectivity index (χ2v) is 6.84. The van der Waals surface area contributed by atoms with Gasteiger partial charge in [0.05, 0.1) is 27.2 Å². The number of carbonyl (C=O) groups is 1. The molecule has 0 atom stereocenters. The topological polar surface area (TPSA) is 148 Å². The molecule has 4 rings (SSSR count). The molecule has 0 spiro atoms. The highest BCUT2D eigenvalue weighted by atomic mass is 16.6. The third-order valence-electron chi connectivity index (χ3n) is 4.53. The molecule has 34 heavy (non-hydrogen) atoms. The van der Waals surface area contributed by atoms with Crippen molar-refractivity contribution in [1.82, 2.24) is 10.2 Å². The van der Waals surface area contributed by atoms with Gasteiger partial charge < -0.3 is 9.47 Å². The molecular weight excluding hydrogens is 444 g/mol. The van der Waals surface area contributed by atoms with Crippen LogP contribution in [-0.2, 0) is 0 Å². The van der Waals surface area contributed by atoms with Gasteiger partial charge >= 0.3 is 5.97 Å². The monoisotopic (exact) mass is 458 g/mol. The molecule has 0 bridgehead atoms. The number of carbonyl (C=O) groups excluding carboxylic acids is 1. The summed E-state index contributed by atoms with van der Waals surface area (Å²) < 4.78 is 10.8. The lowest BCUT2D eigenvalue weighted by Crippen LogP contribution is -2.11. The van der Waals surface area contributed by atoms with Gasteiger partial charge in [0.2, 0.25) is 5.88 Å². The van der Waals surface area contributed by atoms with E-state index < -0.39 is 27.2 Å². The standard InChI is InChI=1S/C23H14N4O7/c28-23(16-12-17(26(29)30)14-18(13-16)27(31)32)34-22-11-10-21(24-25-22)15-6-8-20(9-7-15)33-19-4-2-1-3-5-19/h1-14H. The highest BCUT2D eigenvalue weighted by Crippen LogP contribution is 2.26. The molecule has 3 aromatic carbocycles. The van der Waals surface area contributed by atoms with Gasteiger partial charge in [-0.05, 0) is 42.5 Å². The Kier molecular flexibility index (Phi) is 6.17. The van der Waals surface area contributed by atoms with E-state index in [0.717, 1.165) is 23.8 Å². The van der Waals surface area contributed by atoms with E-state index in [0.29, 0.717) is 17.2 Å². The zero-order chi connectivity index (χ0) is 24.1. The fourth-order valence-electron chi connectivity index (χ4n) is 2.92. The minimum atomic E-state index is -1.05. The first kappa shape index (κ1) is 22.0. The number of nitro groups is 2. The number of non-ortho nitro benzene ring substituents is 2. The van der Waals surface area contributed by atoms with Crippen LogP contribution < -0.4 is 9.47 Å². The summed E-state index contributed by atoms with van der Waals surface area (Å²) in [7, 11) is 0. The molecule has 0 aliphatic rings. The van der Waals surface area contributed by atoms with E-state index in [1.165, 1.54) is 6.07 Å². The van der Waals surface area contributed by atoms with Crippen LogP contribution in [0.25, 0.3) is 11.3 Å². The van der Waals surface area contributed by atoms with Gasteiger partial charge in [-0.2, -0.15) is 0 Å². The van der Waals surface area contributed by atoms with E-state index >= 15 is 0 Å². The Morgan fingerprint density at radius 2 is 1.35 bits per heavy atom. The lowest BCUT2D eigenvalue weighted by molar-refractivity contribution is -0.394. The number of esters is 1. The first-order valence-electron chi connectivity index (χ1n) is 9.72. The zero-order valence-corrected chi connectivity index (χ0v) is 17.2. The number of aromatic nitrogens is 2. The van der Waals surface area contributed by atoms with Crippen molar-refractivity contribution in [3.63, 3.8) is 0 Å². The van der Waals surface area contributed by atoms with Crippen LogP contribution in [0.2, 0.25) is 0 Å². The van der Waals surface area contributed by atoms with E-state index in [-0.39, 0.29) is 11.4 Å². The minimum absolute atomic E-state index is 0.174. The van der Waals surface area contributed by atoms with Crippen molar-refractivity contribution in [1.29, 1.82) is 0 Å². The van der Waals surface area contributed by atoms with Crippen molar-refractivity contribution in [3.05, 3.63) is 111 Å². The summed E-state index contributed by atoms with van der Waals surface area (Å²) in [5.41, 5.74) is -0.345. The predicted octanol–water partition coefficient (Wildman–Crippen LogP) is 4.97. The quantitative estimate of drug-likeness (QED) is 0.212. The van der Waals surface area contributed by atoms with Crippen LogP contribution in [0.1, 0.15) is 10.4 Å². The third kappa shape index (κ3) is 5.16. The van der Waals surface area contributed by atoms with Gasteiger partial charge in [0, 0.05) is 23.8 Å². The van der Waals surface area contributed by atoms with Gasteiger partial charge in [0.1, 0.15) is 11.5 Å². The maximum Gasteiger partial charge on any atom is 0.345 e. The highest BCUT2D eigenvalue weighted by Gasteiger charge is 2.21. The van der Waals surface area contributed by atoms with Crippen LogP contribution in [-0.4, -0.2) is 26.0 Å². The van der Waals surface area contributed by atoms with Crippen LogP contribution in [0.5, 0.6) is 17.4 Å². The van der Waals surface area contributed by atoms with Gasteiger partial charge in [-0.3, -0.25) is 20.2 Å². The van der Waals surface area contributed by atoms with Gasteiger partial charge in [-0.1, -0.05) is 18.2 Å². The molecule has 168 valence electrons. The molecule has 0 N–H and O–H groups in total. The average Bonchev–Trinajstić information content (AvgIpc) is 2.85. The van der Waals surface area contributed by atoms with Crippen LogP contribution in [0.3, 0.4) is 0 Å². The molecule has 11 nitrogen and oxygen atoms in total. The molecule has 1 heterocycles. The lowest BCUT2D eigenvalue weighted by atomic mass is 10.1. The fraction of sp³-hybridized carbons (Fsp3) is 0. The average molecular weight is 458 g/mol. The lowest BCUT2D eigenvalue weighted by Gasteiger charge is -2.07. The summed E-state index contributed by atoms with van der Waals surface area (Å²) in [5.74, 6) is 0.123. The Hall–Kier alpha value is -5.19. The second-order valence-electron chi connectivity index (χ2n) is 6.84. The number of para-hydroxylation sites is 1. The van der Waals surface area contributed by atoms with E-state index in [9.17, 15) is 25.0 Å². The number of benzene rings is 3. The molecule has 0 fully saturated rings. The Morgan fingerprint density at radius 1 is 0.735 bits per heavy atom. The van der Waals surface area contributed by atoms with Crippen molar-refractivity contribution in [2.45, 2.75) is 0 Å². The zero-order valence-electron chi connectivity index (χ0n) is 17.2. The smallest absolute Gasteiger partial charge is 0.345 e. The molecule has 1 aromatic heterocycles. The summed E-state index contributed by atoms with van der Waals surface area (Å²) in [6, 6.07) is 21.9. The van der Waals surface area contributed by atoms with E-state index in [1.807, 2.05) is 30.3 Å². The molecule has 0 saturated heterocycles. The second kappa shape index (κ2) is 9.53. The van der Waals surface area contributed by atoms with Crippen molar-refractivity contribution in [3.8, 4) is 28.6 Å². The van der Waals surface area contributed by atoms with Crippen LogP contribution in [0.4, 0.5) is 11.4 Å². The Labute approximate surface area is 191 Å². The maximum atomic E-state index is 12.4. The fourth-order valence-corrected chi connectivity index (χ4v) is 2.92. The molecule has 0 unspecified atom stereocenters. The van der Waals surface area contributed by atoms with Crippen molar-refractivity contribution in [2.24, 2.45) is 0 Å². The molecule has 0 aliphatic carbocycles. The number of nitrogens with zero attached hydrogens (tertiary/aromatic N) is 4. The number of ether oxygens (including phenoxy) is 2. The van der Waals surface area contributed by atoms with Gasteiger partial charge in [0.15, 0.2) is 0 Å². The number of hydrogen-bond acceptors (Lipinski definition) is 9. The van der Waals surface area contributed by atoms with E-state index in [1.54, 1.807) is 30.3 Å². The first-order chi connectivity index (χ1) is 16.4. The van der Waals surface area contributed by atoms with Crippen LogP contribution in [0.15, 0.2) is 84.9 Å². The number of rotatable bonds is 7. The number of nitro benzene ring substituents is 2. The summed E-state index contributed by atoms with van der Waals surface area (Å²) in [6.07, 6.45) is 0. The summed E-state index contributed by atoms with van der Waals surface area (Å²) in [4.78, 5) is 32.7. The normalized spacial score (nSPS) is 10.4. The SMILES string of the molecule is O=C(Oc1ccc(-c2ccc(Oc3ccccc3)cc2)nn1)c1cc([N+](=O)[O-])cc([N+](=O)[O-])c1. The maximum absolute atomic E-state index is 12.4. The van der Waals surface area contributed by atoms with Gasteiger partial charge in [-0.15, -0.1) is 10.2 Å². The van der Waals surface area contributed by atoms with Crippen LogP contribution in [0, 0.1) is 20.2 Å². The summed E-state index contributed by atoms with van der Waals surface area (Å²) >= 11 is 0. The Morgan fingerprint density at radius 3 is 1.91 bits per heavy atom. The molecular formula is C23H14N4O7. The van der Waals surface area contributed by atoms with Crippen molar-refractivity contribution < 1.29 is 24.1 Å². The highest BCUT2D eigenvalue weighted by molar-refractivity contribution is 5.92. The van der Waals surface area contributed by atoms with Crippen LogP contribution >= 0.6 is 0 Å². The Bertz CT molecular complexity index is 1330. The third-order valence-corrected chi connectivity index (χ3v) is 4.53. The largest absolute Gasteiger partial charge is 0.457 e. The summed E-state index contributed by atoms with van der Waals surface area (Å²) in [5, 5.41) is 29.8. The van der Waals surface area contributed by atoms with Gasteiger partial charge in [0.25, 0.3) is 11.4 Å². The molecule has 4 aromatic rings. The predicted molar refractivity (Wildman–Crippen MR) is 119 cm³/mol. The van der Waals surface area contributed by atoms with Crippen molar-refractivity contribution >= 4 is 17.3 Å². The molecule has 0 saturated carbocycles. The molecule has 0 amide bonds. The molecule has 0 radical (unpaired) electrons. The van der Waals surface area contributed by atoms with Crippen molar-refractivity contribution in [2.75, 3.05) is 0 Å². The van der Waals surface area contributed by atoms with E-state index in [2.05, 4.69) is 10.2 Å². The summed E-state index contributed by atoms with van der Waals surface area (Å²) in [6.45, 7) is 0. The van der Waals surface area contributed by atoms with Gasteiger partial charge in [-0.25, -0.2) is 4.79 Å². The first-order valence-corrected chi connectivity index (χ1v) is 9.72. The molecule has 11 heteroatoms. The number of hydrogen-bond donors (Lipinski definition) is 0.